The first-order chi connectivity index (χ1) is 16.2. The predicted octanol–water partition coefficient (Wildman–Crippen LogP) is 4.61. The summed E-state index contributed by atoms with van der Waals surface area (Å²) in [4.78, 5) is 29.0. The predicted molar refractivity (Wildman–Crippen MR) is 134 cm³/mol. The van der Waals surface area contributed by atoms with Gasteiger partial charge in [0, 0.05) is 17.5 Å². The summed E-state index contributed by atoms with van der Waals surface area (Å²) in [5.74, 6) is -1.24. The number of carbonyl (C=O) groups excluding carboxylic acids is 2. The van der Waals surface area contributed by atoms with Crippen LogP contribution in [-0.2, 0) is 25.1 Å². The number of amides is 1. The zero-order valence-corrected chi connectivity index (χ0v) is 20.2. The van der Waals surface area contributed by atoms with Crippen molar-refractivity contribution in [3.63, 3.8) is 0 Å². The molecule has 0 atom stereocenters. The van der Waals surface area contributed by atoms with E-state index in [4.69, 9.17) is 4.74 Å². The molecule has 0 unspecified atom stereocenters. The Hall–Kier alpha value is -3.56. The smallest absolute Gasteiger partial charge is 0.338 e. The van der Waals surface area contributed by atoms with Gasteiger partial charge in [0.25, 0.3) is 5.91 Å². The first-order valence-corrected chi connectivity index (χ1v) is 13.3. The van der Waals surface area contributed by atoms with Gasteiger partial charge in [0.05, 0.1) is 21.5 Å². The number of aromatic nitrogens is 1. The summed E-state index contributed by atoms with van der Waals surface area (Å²) in [5, 5.41) is 3.59. The Morgan fingerprint density at radius 3 is 2.38 bits per heavy atom. The fourth-order valence-electron chi connectivity index (χ4n) is 3.30. The number of hydrogen-bond acceptors (Lipinski definition) is 7. The molecule has 0 spiro atoms. The van der Waals surface area contributed by atoms with Gasteiger partial charge in [-0.25, -0.2) is 18.2 Å². The summed E-state index contributed by atoms with van der Waals surface area (Å²) in [5.41, 5.74) is 4.47. The van der Waals surface area contributed by atoms with E-state index in [9.17, 15) is 18.0 Å². The van der Waals surface area contributed by atoms with Gasteiger partial charge in [-0.1, -0.05) is 18.2 Å². The molecule has 4 rings (SSSR count). The summed E-state index contributed by atoms with van der Waals surface area (Å²) >= 11 is 1.61. The summed E-state index contributed by atoms with van der Waals surface area (Å²) in [6, 6.07) is 19.5. The molecule has 0 saturated carbocycles. The molecule has 0 saturated heterocycles. The molecule has 0 bridgehead atoms. The molecule has 0 fully saturated rings. The third-order valence-corrected chi connectivity index (χ3v) is 6.84. The molecule has 9 heteroatoms. The van der Waals surface area contributed by atoms with E-state index in [-0.39, 0.29) is 11.3 Å². The number of ether oxygens (including phenoxy) is 1. The second-order valence-corrected chi connectivity index (χ2v) is 11.1. The number of rotatable bonds is 7. The Morgan fingerprint density at radius 1 is 1.00 bits per heavy atom. The minimum Gasteiger partial charge on any atom is -0.452 e. The quantitative estimate of drug-likeness (QED) is 0.376. The molecule has 7 nitrogen and oxygen atoms in total. The highest BCUT2D eigenvalue weighted by atomic mass is 32.2. The lowest BCUT2D eigenvalue weighted by Crippen LogP contribution is -2.20. The number of fused-ring (bicyclic) bond motifs is 1. The lowest BCUT2D eigenvalue weighted by molar-refractivity contribution is -0.119. The molecular weight excluding hydrogens is 472 g/mol. The Balaban J connectivity index is 1.31. The number of benzene rings is 3. The largest absolute Gasteiger partial charge is 0.452 e. The molecule has 1 N–H and O–H groups in total. The molecule has 3 aromatic carbocycles. The Morgan fingerprint density at radius 2 is 1.71 bits per heavy atom. The molecular formula is C25H22N2O5S2. The number of sulfone groups is 1. The summed E-state index contributed by atoms with van der Waals surface area (Å²) in [7, 11) is -3.16. The van der Waals surface area contributed by atoms with Gasteiger partial charge in [-0.3, -0.25) is 4.79 Å². The van der Waals surface area contributed by atoms with E-state index < -0.39 is 28.3 Å². The van der Waals surface area contributed by atoms with Gasteiger partial charge in [-0.05, 0) is 66.6 Å². The maximum Gasteiger partial charge on any atom is 0.338 e. The summed E-state index contributed by atoms with van der Waals surface area (Å²) in [6.07, 6.45) is 1.14. The second kappa shape index (κ2) is 9.74. The third-order valence-electron chi connectivity index (χ3n) is 4.91. The Kier molecular flexibility index (Phi) is 6.76. The van der Waals surface area contributed by atoms with Crippen molar-refractivity contribution in [1.29, 1.82) is 0 Å². The molecule has 34 heavy (non-hydrogen) atoms. The molecule has 0 aliphatic carbocycles. The van der Waals surface area contributed by atoms with Crippen molar-refractivity contribution >= 4 is 49.0 Å². The van der Waals surface area contributed by atoms with E-state index in [0.29, 0.717) is 11.3 Å². The van der Waals surface area contributed by atoms with Crippen molar-refractivity contribution in [2.45, 2.75) is 12.7 Å². The zero-order valence-electron chi connectivity index (χ0n) is 18.6. The molecule has 174 valence electrons. The fourth-order valence-corrected chi connectivity index (χ4v) is 5.17. The minimum atomic E-state index is -3.16. The van der Waals surface area contributed by atoms with E-state index in [1.807, 2.05) is 31.2 Å². The van der Waals surface area contributed by atoms with Crippen LogP contribution < -0.4 is 5.32 Å². The maximum absolute atomic E-state index is 12.2. The Labute approximate surface area is 201 Å². The van der Waals surface area contributed by atoms with Crippen LogP contribution in [0, 0.1) is 6.92 Å². The number of esters is 1. The van der Waals surface area contributed by atoms with Crippen LogP contribution >= 0.6 is 11.3 Å². The lowest BCUT2D eigenvalue weighted by Gasteiger charge is -2.08. The van der Waals surface area contributed by atoms with Crippen LogP contribution in [0.25, 0.3) is 20.8 Å². The van der Waals surface area contributed by atoms with Crippen LogP contribution in [0.4, 0.5) is 5.69 Å². The number of anilines is 1. The molecule has 0 radical (unpaired) electrons. The molecule has 4 aromatic rings. The van der Waals surface area contributed by atoms with E-state index in [0.717, 1.165) is 27.0 Å². The topological polar surface area (TPSA) is 102 Å². The highest BCUT2D eigenvalue weighted by Crippen LogP contribution is 2.31. The van der Waals surface area contributed by atoms with Gasteiger partial charge < -0.3 is 10.1 Å². The van der Waals surface area contributed by atoms with E-state index in [1.165, 1.54) is 17.7 Å². The minimum absolute atomic E-state index is 0.109. The van der Waals surface area contributed by atoms with Crippen LogP contribution in [0.2, 0.25) is 0 Å². The van der Waals surface area contributed by atoms with E-state index >= 15 is 0 Å². The van der Waals surface area contributed by atoms with Crippen LogP contribution in [-0.4, -0.2) is 38.1 Å². The van der Waals surface area contributed by atoms with Crippen molar-refractivity contribution in [2.24, 2.45) is 0 Å². The van der Waals surface area contributed by atoms with Crippen molar-refractivity contribution in [2.75, 3.05) is 18.2 Å². The van der Waals surface area contributed by atoms with Crippen LogP contribution in [0.5, 0.6) is 0 Å². The summed E-state index contributed by atoms with van der Waals surface area (Å²) in [6.45, 7) is 1.61. The third kappa shape index (κ3) is 6.06. The van der Waals surface area contributed by atoms with Gasteiger partial charge in [0.15, 0.2) is 16.4 Å². The number of carbonyl (C=O) groups is 2. The number of aryl methyl sites for hydroxylation is 1. The maximum atomic E-state index is 12.2. The molecule has 0 aliphatic heterocycles. The number of nitrogens with zero attached hydrogens (tertiary/aromatic N) is 1. The van der Waals surface area contributed by atoms with Gasteiger partial charge in [-0.15, -0.1) is 11.3 Å². The van der Waals surface area contributed by atoms with Gasteiger partial charge in [0.2, 0.25) is 0 Å². The Bertz CT molecular complexity index is 1460. The number of hydrogen-bond donors (Lipinski definition) is 1. The molecule has 1 aromatic heterocycles. The standard InChI is InChI=1S/C25H22N2O5S2/c1-16-3-12-21-22(13-16)33-24(27-21)18-8-10-20(11-9-18)26-23(28)14-32-25(29)19-6-4-17(5-7-19)15-34(2,30)31/h3-13H,14-15H2,1-2H3,(H,26,28). The van der Waals surface area contributed by atoms with E-state index in [1.54, 1.807) is 35.6 Å². The SMILES string of the molecule is Cc1ccc2nc(-c3ccc(NC(=O)COC(=O)c4ccc(CS(C)(=O)=O)cc4)cc3)sc2c1. The fraction of sp³-hybridized carbons (Fsp3) is 0.160. The van der Waals surface area contributed by atoms with Crippen molar-refractivity contribution < 1.29 is 22.7 Å². The first-order valence-electron chi connectivity index (χ1n) is 10.4. The van der Waals surface area contributed by atoms with Gasteiger partial charge >= 0.3 is 5.97 Å². The van der Waals surface area contributed by atoms with Crippen LogP contribution in [0.3, 0.4) is 0 Å². The summed E-state index contributed by atoms with van der Waals surface area (Å²) < 4.78 is 28.9. The molecule has 1 amide bonds. The lowest BCUT2D eigenvalue weighted by atomic mass is 10.1. The monoisotopic (exact) mass is 494 g/mol. The average Bonchev–Trinajstić information content (AvgIpc) is 3.20. The van der Waals surface area contributed by atoms with E-state index in [2.05, 4.69) is 16.4 Å². The van der Waals surface area contributed by atoms with Crippen molar-refractivity contribution in [3.05, 3.63) is 83.4 Å². The normalized spacial score (nSPS) is 11.4. The van der Waals surface area contributed by atoms with Gasteiger partial charge in [0.1, 0.15) is 5.01 Å². The second-order valence-electron chi connectivity index (χ2n) is 7.96. The highest BCUT2D eigenvalue weighted by Gasteiger charge is 2.12. The number of nitrogens with one attached hydrogen (secondary N) is 1. The highest BCUT2D eigenvalue weighted by molar-refractivity contribution is 7.89. The first kappa shape index (κ1) is 23.6. The van der Waals surface area contributed by atoms with Crippen LogP contribution in [0.15, 0.2) is 66.7 Å². The molecule has 0 aliphatic rings. The number of thiazole rings is 1. The zero-order chi connectivity index (χ0) is 24.3. The van der Waals surface area contributed by atoms with Crippen molar-refractivity contribution in [1.82, 2.24) is 4.98 Å². The average molecular weight is 495 g/mol. The van der Waals surface area contributed by atoms with Crippen molar-refractivity contribution in [3.8, 4) is 10.6 Å². The molecule has 1 heterocycles. The van der Waals surface area contributed by atoms with Crippen LogP contribution in [0.1, 0.15) is 21.5 Å². The van der Waals surface area contributed by atoms with Gasteiger partial charge in [-0.2, -0.15) is 0 Å².